The molecular formula is C23H31NO3. The molecule has 0 amide bonds. The van der Waals surface area contributed by atoms with E-state index in [1.54, 1.807) is 12.1 Å². The molecule has 0 fully saturated rings. The summed E-state index contributed by atoms with van der Waals surface area (Å²) in [5, 5.41) is 11.6. The van der Waals surface area contributed by atoms with E-state index in [-0.39, 0.29) is 6.61 Å². The molecule has 0 radical (unpaired) electrons. The van der Waals surface area contributed by atoms with Crippen LogP contribution in [0.2, 0.25) is 0 Å². The Hall–Kier alpha value is -2.17. The highest BCUT2D eigenvalue weighted by Gasteiger charge is 2.43. The van der Waals surface area contributed by atoms with Crippen molar-refractivity contribution in [3.8, 4) is 0 Å². The molecule has 146 valence electrons. The molecule has 2 rings (SSSR count). The van der Waals surface area contributed by atoms with Gasteiger partial charge in [0.15, 0.2) is 0 Å². The van der Waals surface area contributed by atoms with Crippen LogP contribution in [0, 0.1) is 20.8 Å². The van der Waals surface area contributed by atoms with Gasteiger partial charge in [-0.3, -0.25) is 0 Å². The second kappa shape index (κ2) is 9.16. The zero-order chi connectivity index (χ0) is 20.0. The van der Waals surface area contributed by atoms with Crippen molar-refractivity contribution in [2.45, 2.75) is 40.2 Å². The minimum atomic E-state index is -1.83. The average Bonchev–Trinajstić information content (AvgIpc) is 2.68. The molecule has 0 aliphatic carbocycles. The van der Waals surface area contributed by atoms with E-state index in [2.05, 4.69) is 18.7 Å². The Kier molecular flexibility index (Phi) is 7.17. The Morgan fingerprint density at radius 2 is 1.59 bits per heavy atom. The van der Waals surface area contributed by atoms with E-state index in [9.17, 15) is 9.90 Å². The highest BCUT2D eigenvalue weighted by molar-refractivity contribution is 5.86. The van der Waals surface area contributed by atoms with Crippen LogP contribution in [0.15, 0.2) is 42.5 Å². The van der Waals surface area contributed by atoms with Crippen LogP contribution < -0.4 is 0 Å². The second-order valence-electron chi connectivity index (χ2n) is 6.99. The van der Waals surface area contributed by atoms with Gasteiger partial charge in [-0.25, -0.2) is 4.79 Å². The highest BCUT2D eigenvalue weighted by atomic mass is 16.5. The molecule has 1 atom stereocenters. The van der Waals surface area contributed by atoms with Crippen molar-refractivity contribution in [3.05, 3.63) is 70.3 Å². The summed E-state index contributed by atoms with van der Waals surface area (Å²) in [6, 6.07) is 12.9. The number of carbonyl (C=O) groups excluding carboxylic acids is 1. The fraction of sp³-hybridized carbons (Fsp3) is 0.435. The maximum Gasteiger partial charge on any atom is 0.347 e. The molecule has 27 heavy (non-hydrogen) atoms. The molecule has 2 aromatic rings. The maximum absolute atomic E-state index is 13.1. The third-order valence-corrected chi connectivity index (χ3v) is 5.25. The van der Waals surface area contributed by atoms with Crippen LogP contribution in [0.1, 0.15) is 41.7 Å². The topological polar surface area (TPSA) is 49.8 Å². The van der Waals surface area contributed by atoms with Crippen molar-refractivity contribution in [1.29, 1.82) is 0 Å². The number of benzene rings is 2. The number of likely N-dealkylation sites (N-methyl/N-ethyl adjacent to an activating group) is 1. The number of rotatable bonds is 8. The van der Waals surface area contributed by atoms with Crippen molar-refractivity contribution >= 4 is 5.97 Å². The third kappa shape index (κ3) is 4.57. The fourth-order valence-electron chi connectivity index (χ4n) is 3.32. The summed E-state index contributed by atoms with van der Waals surface area (Å²) in [4.78, 5) is 15.3. The highest BCUT2D eigenvalue weighted by Crippen LogP contribution is 2.34. The monoisotopic (exact) mass is 369 g/mol. The lowest BCUT2D eigenvalue weighted by molar-refractivity contribution is -0.162. The van der Waals surface area contributed by atoms with E-state index in [4.69, 9.17) is 4.74 Å². The first-order chi connectivity index (χ1) is 12.8. The minimum absolute atomic E-state index is 0.250. The van der Waals surface area contributed by atoms with Gasteiger partial charge in [0.1, 0.15) is 6.61 Å². The number of hydrogen-bond donors (Lipinski definition) is 1. The van der Waals surface area contributed by atoms with Crippen LogP contribution in [0.3, 0.4) is 0 Å². The molecule has 0 aliphatic heterocycles. The van der Waals surface area contributed by atoms with Gasteiger partial charge in [-0.2, -0.15) is 0 Å². The van der Waals surface area contributed by atoms with Gasteiger partial charge in [-0.1, -0.05) is 56.3 Å². The zero-order valence-electron chi connectivity index (χ0n) is 17.1. The Balaban J connectivity index is 2.40. The van der Waals surface area contributed by atoms with Gasteiger partial charge >= 0.3 is 5.97 Å². The first kappa shape index (κ1) is 21.1. The molecule has 0 spiro atoms. The molecule has 0 saturated carbocycles. The lowest BCUT2D eigenvalue weighted by Crippen LogP contribution is -2.40. The molecule has 2 aromatic carbocycles. The van der Waals surface area contributed by atoms with E-state index >= 15 is 0 Å². The zero-order valence-corrected chi connectivity index (χ0v) is 17.1. The molecule has 0 saturated heterocycles. The van der Waals surface area contributed by atoms with Gasteiger partial charge < -0.3 is 14.7 Å². The van der Waals surface area contributed by atoms with Crippen LogP contribution in [-0.2, 0) is 15.1 Å². The van der Waals surface area contributed by atoms with E-state index in [0.717, 1.165) is 29.8 Å². The number of aliphatic hydroxyl groups is 1. The Morgan fingerprint density at radius 3 is 2.19 bits per heavy atom. The normalized spacial score (nSPS) is 13.4. The summed E-state index contributed by atoms with van der Waals surface area (Å²) < 4.78 is 5.54. The standard InChI is InChI=1S/C23H31NO3/c1-6-24(7-2)13-14-27-22(25)23(26,20-11-9-8-10-12-20)21-16-18(4)17(3)15-19(21)5/h8-12,15-16,26H,6-7,13-14H2,1-5H3. The molecule has 4 nitrogen and oxygen atoms in total. The number of nitrogens with zero attached hydrogens (tertiary/aromatic N) is 1. The quantitative estimate of drug-likeness (QED) is 0.720. The van der Waals surface area contributed by atoms with Gasteiger partial charge in [-0.05, 0) is 56.1 Å². The van der Waals surface area contributed by atoms with Gasteiger partial charge in [0.05, 0.1) is 0 Å². The van der Waals surface area contributed by atoms with Crippen LogP contribution in [-0.4, -0.2) is 42.2 Å². The van der Waals surface area contributed by atoms with Crippen LogP contribution in [0.4, 0.5) is 0 Å². The van der Waals surface area contributed by atoms with Crippen molar-refractivity contribution in [1.82, 2.24) is 4.90 Å². The predicted molar refractivity (Wildman–Crippen MR) is 109 cm³/mol. The summed E-state index contributed by atoms with van der Waals surface area (Å²) in [6.45, 7) is 12.8. The molecule has 0 aliphatic rings. The molecule has 0 bridgehead atoms. The number of ether oxygens (including phenoxy) is 1. The minimum Gasteiger partial charge on any atom is -0.462 e. The lowest BCUT2D eigenvalue weighted by Gasteiger charge is -2.29. The van der Waals surface area contributed by atoms with Crippen molar-refractivity contribution in [2.75, 3.05) is 26.2 Å². The van der Waals surface area contributed by atoms with E-state index < -0.39 is 11.6 Å². The number of esters is 1. The Labute approximate surface area is 162 Å². The summed E-state index contributed by atoms with van der Waals surface area (Å²) >= 11 is 0. The summed E-state index contributed by atoms with van der Waals surface area (Å²) in [7, 11) is 0. The van der Waals surface area contributed by atoms with Crippen molar-refractivity contribution in [2.24, 2.45) is 0 Å². The summed E-state index contributed by atoms with van der Waals surface area (Å²) in [6.07, 6.45) is 0. The maximum atomic E-state index is 13.1. The van der Waals surface area contributed by atoms with Gasteiger partial charge in [0.2, 0.25) is 5.60 Å². The molecule has 0 heterocycles. The van der Waals surface area contributed by atoms with Gasteiger partial charge in [0.25, 0.3) is 0 Å². The number of carbonyl (C=O) groups is 1. The van der Waals surface area contributed by atoms with E-state index in [1.165, 1.54) is 0 Å². The Morgan fingerprint density at radius 1 is 1.00 bits per heavy atom. The van der Waals surface area contributed by atoms with Gasteiger partial charge in [-0.15, -0.1) is 0 Å². The van der Waals surface area contributed by atoms with Crippen LogP contribution in [0.25, 0.3) is 0 Å². The molecule has 4 heteroatoms. The Bertz CT molecular complexity index is 769. The summed E-state index contributed by atoms with van der Waals surface area (Å²) in [5.74, 6) is -0.632. The van der Waals surface area contributed by atoms with Crippen LogP contribution in [0.5, 0.6) is 0 Å². The summed E-state index contributed by atoms with van der Waals surface area (Å²) in [5.41, 5.74) is 2.29. The lowest BCUT2D eigenvalue weighted by atomic mass is 9.82. The SMILES string of the molecule is CCN(CC)CCOC(=O)C(O)(c1ccccc1)c1cc(C)c(C)cc1C. The van der Waals surface area contributed by atoms with Crippen molar-refractivity contribution < 1.29 is 14.6 Å². The second-order valence-corrected chi connectivity index (χ2v) is 6.99. The molecule has 1 N–H and O–H groups in total. The third-order valence-electron chi connectivity index (χ3n) is 5.25. The largest absolute Gasteiger partial charge is 0.462 e. The van der Waals surface area contributed by atoms with Gasteiger partial charge in [0, 0.05) is 12.1 Å². The van der Waals surface area contributed by atoms with E-state index in [1.807, 2.05) is 51.1 Å². The fourth-order valence-corrected chi connectivity index (χ4v) is 3.32. The molecule has 1 unspecified atom stereocenters. The van der Waals surface area contributed by atoms with E-state index in [0.29, 0.717) is 17.7 Å². The number of aryl methyl sites for hydroxylation is 3. The first-order valence-corrected chi connectivity index (χ1v) is 9.60. The smallest absolute Gasteiger partial charge is 0.347 e. The molecule has 0 aromatic heterocycles. The molecular weight excluding hydrogens is 338 g/mol. The number of hydrogen-bond acceptors (Lipinski definition) is 4. The average molecular weight is 370 g/mol. The van der Waals surface area contributed by atoms with Crippen LogP contribution >= 0.6 is 0 Å². The van der Waals surface area contributed by atoms with Crippen molar-refractivity contribution in [3.63, 3.8) is 0 Å². The predicted octanol–water partition coefficient (Wildman–Crippen LogP) is 3.73. The first-order valence-electron chi connectivity index (χ1n) is 9.60.